The Morgan fingerprint density at radius 1 is 1.08 bits per heavy atom. The predicted octanol–water partition coefficient (Wildman–Crippen LogP) is -1.96. The van der Waals surface area contributed by atoms with Gasteiger partial charge in [-0.15, -0.1) is 0 Å². The molecule has 0 radical (unpaired) electrons. The number of nitrogens with one attached hydrogen (secondary N) is 4. The number of aryl methyl sites for hydroxylation is 1. The summed E-state index contributed by atoms with van der Waals surface area (Å²) in [5, 5.41) is 20.2. The Labute approximate surface area is 383 Å². The molecule has 0 fully saturated rings. The van der Waals surface area contributed by atoms with Crippen LogP contribution >= 0.6 is 0 Å². The second-order valence-electron chi connectivity index (χ2n) is 16.7. The third-order valence-corrected chi connectivity index (χ3v) is 14.7. The van der Waals surface area contributed by atoms with Crippen LogP contribution in [0, 0.1) is 18.7 Å². The van der Waals surface area contributed by atoms with Crippen molar-refractivity contribution in [2.24, 2.45) is 11.7 Å². The number of ether oxygens (including phenoxy) is 2. The Hall–Kier alpha value is -5.65. The van der Waals surface area contributed by atoms with Gasteiger partial charge in [-0.25, -0.2) is 0 Å². The van der Waals surface area contributed by atoms with E-state index in [1.807, 2.05) is 0 Å². The van der Waals surface area contributed by atoms with Gasteiger partial charge in [-0.05, 0) is 0 Å². The van der Waals surface area contributed by atoms with Crippen LogP contribution in [0.2, 0.25) is 0 Å². The van der Waals surface area contributed by atoms with Crippen LogP contribution in [-0.2, 0) is 63.4 Å². The molecule has 3 aliphatic heterocycles. The van der Waals surface area contributed by atoms with Crippen molar-refractivity contribution < 1.29 is 74.0 Å². The van der Waals surface area contributed by atoms with Gasteiger partial charge >= 0.3 is 346 Å². The minimum atomic E-state index is -2.04. The topological polar surface area (TPSA) is 270 Å². The first-order valence-electron chi connectivity index (χ1n) is 21.4. The number of nitrogens with zero attached hydrogens (tertiary/aromatic N) is 3. The summed E-state index contributed by atoms with van der Waals surface area (Å²) in [4.78, 5) is 109. The van der Waals surface area contributed by atoms with Crippen molar-refractivity contribution >= 4 is 50.3 Å². The third kappa shape index (κ3) is 9.41. The van der Waals surface area contributed by atoms with E-state index in [0.29, 0.717) is 40.9 Å². The number of cyclic esters (lactones) is 1. The molecule has 4 atom stereocenters. The first-order chi connectivity index (χ1) is 30.9. The number of fused-ring (bicyclic) bond motifs is 5. The van der Waals surface area contributed by atoms with E-state index in [1.54, 1.807) is 33.8 Å². The van der Waals surface area contributed by atoms with E-state index in [1.165, 1.54) is 22.8 Å². The maximum atomic E-state index is 15.5. The zero-order valence-electron chi connectivity index (χ0n) is 36.3. The Balaban J connectivity index is 1.09. The summed E-state index contributed by atoms with van der Waals surface area (Å²) in [5.74, 6) is -3.67. The summed E-state index contributed by atoms with van der Waals surface area (Å²) in [6, 6.07) is -0.304. The molecule has 0 bridgehead atoms. The van der Waals surface area contributed by atoms with Gasteiger partial charge in [0.05, 0.1) is 0 Å². The predicted molar refractivity (Wildman–Crippen MR) is 225 cm³/mol. The molecular weight excluding hydrogens is 962 g/mol. The van der Waals surface area contributed by atoms with Gasteiger partial charge in [0.1, 0.15) is 0 Å². The number of aliphatic hydroxyl groups is 1. The van der Waals surface area contributed by atoms with E-state index < -0.39 is 98.1 Å². The number of amides is 6. The average Bonchev–Trinajstić information content (AvgIpc) is 3.80. The van der Waals surface area contributed by atoms with Crippen LogP contribution in [0.1, 0.15) is 92.3 Å². The van der Waals surface area contributed by atoms with Gasteiger partial charge in [0.15, 0.2) is 0 Å². The van der Waals surface area contributed by atoms with Gasteiger partial charge in [-0.3, -0.25) is 14.5 Å². The molecule has 3 unspecified atom stereocenters. The number of nitrogens with two attached hydrogens (primary N) is 1. The van der Waals surface area contributed by atoms with Gasteiger partial charge in [0.25, 0.3) is 11.8 Å². The molecule has 1 aliphatic carbocycles. The van der Waals surface area contributed by atoms with E-state index in [0.717, 1.165) is 21.4 Å². The molecule has 0 saturated carbocycles. The van der Waals surface area contributed by atoms with E-state index in [4.69, 9.17) is 20.2 Å². The summed E-state index contributed by atoms with van der Waals surface area (Å²) in [5.41, 5.74) is 6.85. The van der Waals surface area contributed by atoms with Gasteiger partial charge < -0.3 is 0 Å². The van der Waals surface area contributed by atoms with Crippen LogP contribution in [-0.4, -0.2) is 97.4 Å². The van der Waals surface area contributed by atoms with Gasteiger partial charge in [-0.1, -0.05) is 0 Å². The first kappa shape index (κ1) is 47.3. The molecule has 21 heteroatoms. The summed E-state index contributed by atoms with van der Waals surface area (Å²) < 4.78 is 30.9. The number of hydrogen-bond acceptors (Lipinski definition) is 13. The van der Waals surface area contributed by atoms with Crippen LogP contribution in [0.25, 0.3) is 22.3 Å². The summed E-state index contributed by atoms with van der Waals surface area (Å²) in [6.07, 6.45) is 3.52. The molecule has 65 heavy (non-hydrogen) atoms. The molecule has 1 aromatic carbocycles. The molecule has 6 amide bonds. The quantitative estimate of drug-likeness (QED) is 0.0149. The number of pyridine rings is 2. The second kappa shape index (κ2) is 19.4. The van der Waals surface area contributed by atoms with E-state index in [9.17, 15) is 43.5 Å². The zero-order chi connectivity index (χ0) is 46.9. The zero-order valence-corrected chi connectivity index (χ0v) is 38.5. The van der Waals surface area contributed by atoms with Crippen molar-refractivity contribution in [3.8, 4) is 11.4 Å². The van der Waals surface area contributed by atoms with Crippen LogP contribution in [0.3, 0.4) is 0 Å². The van der Waals surface area contributed by atoms with E-state index in [-0.39, 0.29) is 80.1 Å². The summed E-state index contributed by atoms with van der Waals surface area (Å²) in [6.45, 7) is 6.71. The number of rotatable bonds is 19. The van der Waals surface area contributed by atoms with Gasteiger partial charge in [-0.2, -0.15) is 0 Å². The molecule has 348 valence electrons. The number of halogens is 2. The molecule has 7 N–H and O–H groups in total. The number of aromatic nitrogens is 2. The van der Waals surface area contributed by atoms with Crippen LogP contribution in [0.15, 0.2) is 29.1 Å². The number of primary amides is 1. The van der Waals surface area contributed by atoms with Crippen molar-refractivity contribution in [1.82, 2.24) is 33.9 Å². The van der Waals surface area contributed by atoms with E-state index >= 15 is 4.39 Å². The standard InChI is InChI=1S/C44H51FIN8O11/c1-5-44(63)26-17-31-38-24(19-54(31)41(60)25(26)20-65-42(44)61)36-28(9-8-23-22(4)27(45)18-30(49-38)35(23)36)52-46-39(58)29(7-6-13-48-43(47)62)50-40(59)37(21(2)3)51-32(55)12-15-64-16-14-53-33(56)10-11-34(53)57/h10-11,17-18,21,28-29,37,52,63H,5-9,12-16,19-20H2,1-4H3,(H,50,59)(H,51,55)(H3,47,48,62)/q-1/t28?,29?,37?,44-/m0/s1. The fourth-order valence-electron chi connectivity index (χ4n) is 8.73. The molecule has 4 aliphatic rings. The monoisotopic (exact) mass is 1010 g/mol. The van der Waals surface area contributed by atoms with Crippen LogP contribution in [0.5, 0.6) is 0 Å². The van der Waals surface area contributed by atoms with Crippen molar-refractivity contribution in [3.05, 3.63) is 73.8 Å². The Morgan fingerprint density at radius 3 is 2.51 bits per heavy atom. The molecule has 19 nitrogen and oxygen atoms in total. The molecule has 0 saturated heterocycles. The van der Waals surface area contributed by atoms with Gasteiger partial charge in [0.2, 0.25) is 0 Å². The minimum absolute atomic E-state index is 0.0186. The molecule has 3 aromatic rings. The summed E-state index contributed by atoms with van der Waals surface area (Å²) >= 11 is -1.55. The Bertz CT molecular complexity index is 2580. The summed E-state index contributed by atoms with van der Waals surface area (Å²) in [7, 11) is 0. The molecule has 0 spiro atoms. The van der Waals surface area contributed by atoms with E-state index in [2.05, 4.69) is 19.5 Å². The van der Waals surface area contributed by atoms with Crippen LogP contribution < -0.4 is 52.3 Å². The second-order valence-corrected chi connectivity index (χ2v) is 18.9. The Kier molecular flexibility index (Phi) is 14.2. The van der Waals surface area contributed by atoms with Crippen molar-refractivity contribution in [2.75, 3.05) is 26.3 Å². The number of benzene rings is 1. The number of carbonyl (C=O) groups is 7. The Morgan fingerprint density at radius 2 is 1.82 bits per heavy atom. The third-order valence-electron chi connectivity index (χ3n) is 12.3. The van der Waals surface area contributed by atoms with Crippen molar-refractivity contribution in [1.29, 1.82) is 0 Å². The molecule has 2 aromatic heterocycles. The first-order valence-corrected chi connectivity index (χ1v) is 23.6. The molecule has 5 heterocycles. The number of imide groups is 1. The SMILES string of the molecule is CC[C@@]1(O)C(=O)OCc2c1cc1n(c2=O)Cc2c-1nc1cc(F)c(C)c3c1c2C(N[I-]C(=O)C(CCCNC(N)=O)NC(=O)C(NC(=O)CCOCCN1C(=O)C=CC1=O)C(C)C)CC3. The normalized spacial score (nSPS) is 19.2. The molecular formula is C44H51FIN8O11-. The number of urea groups is 1. The van der Waals surface area contributed by atoms with Crippen molar-refractivity contribution in [3.63, 3.8) is 0 Å². The fraction of sp³-hybridized carbons (Fsp3) is 0.477. The maximum absolute atomic E-state index is 15.5. The fourth-order valence-corrected chi connectivity index (χ4v) is 10.9. The van der Waals surface area contributed by atoms with Crippen molar-refractivity contribution in [2.45, 2.75) is 103 Å². The average molecular weight is 1010 g/mol. The number of esters is 1. The van der Waals surface area contributed by atoms with Gasteiger partial charge in [0, 0.05) is 12.2 Å². The number of carbonyl (C=O) groups excluding carboxylic acids is 7. The number of hydrogen-bond donors (Lipinski definition) is 6. The van der Waals surface area contributed by atoms with Crippen LogP contribution in [0.4, 0.5) is 9.18 Å². The molecule has 7 rings (SSSR count).